The summed E-state index contributed by atoms with van der Waals surface area (Å²) in [6, 6.07) is 5.53. The fraction of sp³-hybridized carbons (Fsp3) is 0.100. The molecule has 0 N–H and O–H groups in total. The molecule has 0 saturated carbocycles. The molecule has 0 spiro atoms. The standard InChI is InChI=1S/C10H7FN2OS2/c11-8-3-1-7(2-4-8)9(14)5-15-10-13-12-6-16-10/h1-4,6H,5H2. The van der Waals surface area contributed by atoms with E-state index in [0.717, 1.165) is 4.34 Å². The minimum absolute atomic E-state index is 0.0415. The molecule has 0 saturated heterocycles. The maximum Gasteiger partial charge on any atom is 0.174 e. The van der Waals surface area contributed by atoms with Gasteiger partial charge in [-0.3, -0.25) is 4.79 Å². The highest BCUT2D eigenvalue weighted by Crippen LogP contribution is 2.20. The van der Waals surface area contributed by atoms with Crippen molar-refractivity contribution in [3.8, 4) is 0 Å². The fourth-order valence-electron chi connectivity index (χ4n) is 1.07. The number of rotatable bonds is 4. The van der Waals surface area contributed by atoms with Crippen molar-refractivity contribution in [1.29, 1.82) is 0 Å². The van der Waals surface area contributed by atoms with Crippen LogP contribution in [0.4, 0.5) is 4.39 Å². The quantitative estimate of drug-likeness (QED) is 0.621. The highest BCUT2D eigenvalue weighted by molar-refractivity contribution is 8.01. The Morgan fingerprint density at radius 2 is 2.12 bits per heavy atom. The second-order valence-electron chi connectivity index (χ2n) is 2.92. The lowest BCUT2D eigenvalue weighted by Gasteiger charge is -1.98. The molecule has 0 radical (unpaired) electrons. The molecule has 0 unspecified atom stereocenters. The van der Waals surface area contributed by atoms with E-state index >= 15 is 0 Å². The topological polar surface area (TPSA) is 42.9 Å². The van der Waals surface area contributed by atoms with Crippen LogP contribution in [0.25, 0.3) is 0 Å². The number of halogens is 1. The molecule has 3 nitrogen and oxygen atoms in total. The van der Waals surface area contributed by atoms with E-state index in [2.05, 4.69) is 10.2 Å². The Labute approximate surface area is 99.7 Å². The molecular formula is C10H7FN2OS2. The summed E-state index contributed by atoms with van der Waals surface area (Å²) in [5.41, 5.74) is 2.13. The highest BCUT2D eigenvalue weighted by atomic mass is 32.2. The molecule has 0 amide bonds. The van der Waals surface area contributed by atoms with E-state index in [4.69, 9.17) is 0 Å². The number of hydrogen-bond acceptors (Lipinski definition) is 5. The van der Waals surface area contributed by atoms with Gasteiger partial charge in [-0.05, 0) is 24.3 Å². The Morgan fingerprint density at radius 1 is 1.38 bits per heavy atom. The van der Waals surface area contributed by atoms with Gasteiger partial charge in [0, 0.05) is 5.56 Å². The summed E-state index contributed by atoms with van der Waals surface area (Å²) in [6.07, 6.45) is 0. The molecule has 82 valence electrons. The normalized spacial score (nSPS) is 10.3. The lowest BCUT2D eigenvalue weighted by Crippen LogP contribution is -2.01. The minimum Gasteiger partial charge on any atom is -0.293 e. The average molecular weight is 254 g/mol. The number of aromatic nitrogens is 2. The van der Waals surface area contributed by atoms with Gasteiger partial charge in [-0.1, -0.05) is 23.1 Å². The van der Waals surface area contributed by atoms with Crippen LogP contribution in [0.15, 0.2) is 34.1 Å². The van der Waals surface area contributed by atoms with E-state index < -0.39 is 0 Å². The largest absolute Gasteiger partial charge is 0.293 e. The van der Waals surface area contributed by atoms with Crippen LogP contribution in [0.5, 0.6) is 0 Å². The molecule has 2 aromatic rings. The Kier molecular flexibility index (Phi) is 3.63. The van der Waals surface area contributed by atoms with Crippen LogP contribution in [-0.4, -0.2) is 21.7 Å². The third-order valence-corrected chi connectivity index (χ3v) is 3.69. The van der Waals surface area contributed by atoms with E-state index in [1.807, 2.05) is 0 Å². The van der Waals surface area contributed by atoms with Crippen LogP contribution in [-0.2, 0) is 0 Å². The van der Waals surface area contributed by atoms with Crippen molar-refractivity contribution in [2.24, 2.45) is 0 Å². The molecule has 0 aliphatic heterocycles. The molecular weight excluding hydrogens is 247 g/mol. The van der Waals surface area contributed by atoms with Crippen molar-refractivity contribution < 1.29 is 9.18 Å². The summed E-state index contributed by atoms with van der Waals surface area (Å²) < 4.78 is 13.4. The van der Waals surface area contributed by atoms with Crippen molar-refractivity contribution in [3.05, 3.63) is 41.2 Å². The van der Waals surface area contributed by atoms with Crippen LogP contribution in [0, 0.1) is 5.82 Å². The Balaban J connectivity index is 1.95. The van der Waals surface area contributed by atoms with E-state index in [0.29, 0.717) is 11.3 Å². The zero-order chi connectivity index (χ0) is 11.4. The van der Waals surface area contributed by atoms with Crippen molar-refractivity contribution in [2.45, 2.75) is 4.34 Å². The first-order chi connectivity index (χ1) is 7.75. The zero-order valence-corrected chi connectivity index (χ0v) is 9.72. The van der Waals surface area contributed by atoms with Crippen molar-refractivity contribution in [1.82, 2.24) is 10.2 Å². The van der Waals surface area contributed by atoms with E-state index in [1.165, 1.54) is 47.4 Å². The lowest BCUT2D eigenvalue weighted by molar-refractivity contribution is 0.102. The maximum absolute atomic E-state index is 12.6. The molecule has 16 heavy (non-hydrogen) atoms. The molecule has 0 aliphatic carbocycles. The number of carbonyl (C=O) groups is 1. The first-order valence-corrected chi connectivity index (χ1v) is 6.30. The predicted octanol–water partition coefficient (Wildman–Crippen LogP) is 2.65. The average Bonchev–Trinajstić information content (AvgIpc) is 2.80. The molecule has 0 aliphatic rings. The van der Waals surface area contributed by atoms with Gasteiger partial charge in [-0.2, -0.15) is 0 Å². The van der Waals surface area contributed by atoms with Gasteiger partial charge < -0.3 is 0 Å². The van der Waals surface area contributed by atoms with E-state index in [1.54, 1.807) is 5.51 Å². The van der Waals surface area contributed by atoms with Gasteiger partial charge in [-0.15, -0.1) is 10.2 Å². The SMILES string of the molecule is O=C(CSc1nncs1)c1ccc(F)cc1. The number of thioether (sulfide) groups is 1. The Morgan fingerprint density at radius 3 is 2.75 bits per heavy atom. The Bertz CT molecular complexity index is 470. The lowest BCUT2D eigenvalue weighted by atomic mass is 10.1. The van der Waals surface area contributed by atoms with Gasteiger partial charge in [0.25, 0.3) is 0 Å². The molecule has 0 atom stereocenters. The van der Waals surface area contributed by atoms with E-state index in [-0.39, 0.29) is 11.6 Å². The molecule has 1 aromatic carbocycles. The van der Waals surface area contributed by atoms with Crippen LogP contribution in [0.1, 0.15) is 10.4 Å². The van der Waals surface area contributed by atoms with Gasteiger partial charge in [0.2, 0.25) is 0 Å². The third-order valence-electron chi connectivity index (χ3n) is 1.83. The number of nitrogens with zero attached hydrogens (tertiary/aromatic N) is 2. The predicted molar refractivity (Wildman–Crippen MR) is 61.4 cm³/mol. The maximum atomic E-state index is 12.6. The monoisotopic (exact) mass is 254 g/mol. The second kappa shape index (κ2) is 5.18. The first-order valence-electron chi connectivity index (χ1n) is 4.43. The first kappa shape index (κ1) is 11.2. The van der Waals surface area contributed by atoms with Gasteiger partial charge in [-0.25, -0.2) is 4.39 Å². The molecule has 0 bridgehead atoms. The van der Waals surface area contributed by atoms with E-state index in [9.17, 15) is 9.18 Å². The Hall–Kier alpha value is -1.27. The van der Waals surface area contributed by atoms with Crippen LogP contribution in [0.3, 0.4) is 0 Å². The summed E-state index contributed by atoms with van der Waals surface area (Å²) in [5, 5.41) is 7.49. The van der Waals surface area contributed by atoms with Gasteiger partial charge >= 0.3 is 0 Å². The summed E-state index contributed by atoms with van der Waals surface area (Å²) in [7, 11) is 0. The second-order valence-corrected chi connectivity index (χ2v) is 4.98. The van der Waals surface area contributed by atoms with Gasteiger partial charge in [0.1, 0.15) is 11.3 Å². The van der Waals surface area contributed by atoms with Crippen molar-refractivity contribution in [3.63, 3.8) is 0 Å². The molecule has 6 heteroatoms. The number of benzene rings is 1. The van der Waals surface area contributed by atoms with Crippen molar-refractivity contribution >= 4 is 28.9 Å². The summed E-state index contributed by atoms with van der Waals surface area (Å²) in [4.78, 5) is 11.7. The minimum atomic E-state index is -0.340. The van der Waals surface area contributed by atoms with Crippen molar-refractivity contribution in [2.75, 3.05) is 5.75 Å². The smallest absolute Gasteiger partial charge is 0.174 e. The molecule has 1 aromatic heterocycles. The molecule has 2 rings (SSSR count). The molecule has 0 fully saturated rings. The fourth-order valence-corrected chi connectivity index (χ4v) is 2.46. The number of Topliss-reactive ketones (excluding diaryl/α,β-unsaturated/α-hetero) is 1. The number of carbonyl (C=O) groups excluding carboxylic acids is 1. The van der Waals surface area contributed by atoms with Gasteiger partial charge in [0.05, 0.1) is 5.75 Å². The summed E-state index contributed by atoms with van der Waals surface area (Å²) in [5.74, 6) is -0.0885. The summed E-state index contributed by atoms with van der Waals surface area (Å²) in [6.45, 7) is 0. The summed E-state index contributed by atoms with van der Waals surface area (Å²) >= 11 is 2.73. The van der Waals surface area contributed by atoms with Crippen LogP contribution < -0.4 is 0 Å². The number of hydrogen-bond donors (Lipinski definition) is 0. The van der Waals surface area contributed by atoms with Gasteiger partial charge in [0.15, 0.2) is 10.1 Å². The number of ketones is 1. The van der Waals surface area contributed by atoms with Crippen LogP contribution >= 0.6 is 23.1 Å². The third kappa shape index (κ3) is 2.86. The highest BCUT2D eigenvalue weighted by Gasteiger charge is 2.07. The molecule has 1 heterocycles. The van der Waals surface area contributed by atoms with Crippen LogP contribution in [0.2, 0.25) is 0 Å². The zero-order valence-electron chi connectivity index (χ0n) is 8.09.